The van der Waals surface area contributed by atoms with Gasteiger partial charge in [0.1, 0.15) is 0 Å². The second-order valence-corrected chi connectivity index (χ2v) is 7.93. The predicted molar refractivity (Wildman–Crippen MR) is 115 cm³/mol. The topological polar surface area (TPSA) is 71.1 Å². The Labute approximate surface area is 173 Å². The van der Waals surface area contributed by atoms with Crippen molar-refractivity contribution >= 4 is 50.1 Å². The maximum atomic E-state index is 12.1. The lowest BCUT2D eigenvalue weighted by molar-refractivity contribution is -0.121. The first-order chi connectivity index (χ1) is 13.5. The molecule has 0 radical (unpaired) electrons. The van der Waals surface area contributed by atoms with Gasteiger partial charge < -0.3 is 10.6 Å². The molecule has 5 nitrogen and oxygen atoms in total. The maximum Gasteiger partial charge on any atom is 0.226 e. The molecule has 3 aromatic rings. The highest BCUT2D eigenvalue weighted by Gasteiger charge is 2.09. The third-order valence-corrected chi connectivity index (χ3v) is 5.55. The third-order valence-electron chi connectivity index (χ3n) is 4.25. The quantitative estimate of drug-likeness (QED) is 0.547. The molecular weight excluding hydrogens is 394 g/mol. The molecule has 3 rings (SSSR count). The van der Waals surface area contributed by atoms with Crippen molar-refractivity contribution in [1.29, 1.82) is 0 Å². The van der Waals surface area contributed by atoms with Gasteiger partial charge in [0.25, 0.3) is 0 Å². The molecule has 2 amide bonds. The Morgan fingerprint density at radius 3 is 2.71 bits per heavy atom. The van der Waals surface area contributed by atoms with E-state index in [1.807, 2.05) is 49.4 Å². The third kappa shape index (κ3) is 5.53. The van der Waals surface area contributed by atoms with Gasteiger partial charge in [-0.1, -0.05) is 54.1 Å². The van der Waals surface area contributed by atoms with Crippen LogP contribution in [-0.2, 0) is 22.6 Å². The van der Waals surface area contributed by atoms with Gasteiger partial charge in [0.05, 0.1) is 10.2 Å². The van der Waals surface area contributed by atoms with Crippen LogP contribution in [0.15, 0.2) is 42.5 Å². The second kappa shape index (κ2) is 9.66. The number of amides is 2. The van der Waals surface area contributed by atoms with E-state index in [2.05, 4.69) is 15.6 Å². The first kappa shape index (κ1) is 20.3. The van der Waals surface area contributed by atoms with E-state index in [0.717, 1.165) is 27.8 Å². The standard InChI is InChI=1S/C21H22ClN3O2S/c1-2-5-20(27)25-21-24-17-10-8-14(12-18(17)28-21)9-11-19(26)23-13-15-6-3-4-7-16(15)22/h3-4,6-8,10,12H,2,5,9,11,13H2,1H3,(H,23,26)(H,24,25,27). The van der Waals surface area contributed by atoms with Crippen LogP contribution in [0.25, 0.3) is 10.2 Å². The van der Waals surface area contributed by atoms with E-state index in [4.69, 9.17) is 11.6 Å². The first-order valence-corrected chi connectivity index (χ1v) is 10.4. The number of benzene rings is 2. The van der Waals surface area contributed by atoms with Crippen LogP contribution in [-0.4, -0.2) is 16.8 Å². The number of halogens is 1. The van der Waals surface area contributed by atoms with Gasteiger partial charge in [0, 0.05) is 24.4 Å². The van der Waals surface area contributed by atoms with Crippen molar-refractivity contribution in [2.45, 2.75) is 39.2 Å². The smallest absolute Gasteiger partial charge is 0.226 e. The van der Waals surface area contributed by atoms with Gasteiger partial charge >= 0.3 is 0 Å². The Hall–Kier alpha value is -2.44. The Balaban J connectivity index is 1.54. The zero-order valence-electron chi connectivity index (χ0n) is 15.6. The number of hydrogen-bond acceptors (Lipinski definition) is 4. The van der Waals surface area contributed by atoms with E-state index in [-0.39, 0.29) is 11.8 Å². The van der Waals surface area contributed by atoms with E-state index in [0.29, 0.717) is 36.0 Å². The number of carbonyl (C=O) groups excluding carboxylic acids is 2. The summed E-state index contributed by atoms with van der Waals surface area (Å²) < 4.78 is 1.00. The van der Waals surface area contributed by atoms with Gasteiger partial charge in [-0.3, -0.25) is 9.59 Å². The van der Waals surface area contributed by atoms with Gasteiger partial charge in [0.2, 0.25) is 11.8 Å². The fraction of sp³-hybridized carbons (Fsp3) is 0.286. The molecule has 2 aromatic carbocycles. The Morgan fingerprint density at radius 2 is 1.93 bits per heavy atom. The summed E-state index contributed by atoms with van der Waals surface area (Å²) in [6.07, 6.45) is 2.33. The van der Waals surface area contributed by atoms with Crippen LogP contribution in [0.3, 0.4) is 0 Å². The van der Waals surface area contributed by atoms with Crippen molar-refractivity contribution in [2.75, 3.05) is 5.32 Å². The number of rotatable bonds is 8. The minimum atomic E-state index is -0.0168. The molecule has 0 bridgehead atoms. The molecule has 0 saturated carbocycles. The van der Waals surface area contributed by atoms with Crippen LogP contribution in [0, 0.1) is 0 Å². The van der Waals surface area contributed by atoms with Crippen LogP contribution >= 0.6 is 22.9 Å². The van der Waals surface area contributed by atoms with Crippen molar-refractivity contribution in [3.63, 3.8) is 0 Å². The van der Waals surface area contributed by atoms with Gasteiger partial charge in [-0.25, -0.2) is 4.98 Å². The highest BCUT2D eigenvalue weighted by Crippen LogP contribution is 2.27. The lowest BCUT2D eigenvalue weighted by Gasteiger charge is -2.07. The number of carbonyl (C=O) groups is 2. The second-order valence-electron chi connectivity index (χ2n) is 6.49. The number of fused-ring (bicyclic) bond motifs is 1. The van der Waals surface area contributed by atoms with Gasteiger partial charge in [0.15, 0.2) is 5.13 Å². The fourth-order valence-electron chi connectivity index (χ4n) is 2.77. The number of anilines is 1. The Bertz CT molecular complexity index is 987. The molecule has 7 heteroatoms. The van der Waals surface area contributed by atoms with Gasteiger partial charge in [-0.2, -0.15) is 0 Å². The average molecular weight is 416 g/mol. The lowest BCUT2D eigenvalue weighted by Crippen LogP contribution is -2.23. The van der Waals surface area contributed by atoms with E-state index in [1.165, 1.54) is 11.3 Å². The molecule has 0 spiro atoms. The molecule has 0 saturated heterocycles. The summed E-state index contributed by atoms with van der Waals surface area (Å²) in [5.41, 5.74) is 2.82. The summed E-state index contributed by atoms with van der Waals surface area (Å²) in [5.74, 6) is -0.0335. The highest BCUT2D eigenvalue weighted by atomic mass is 35.5. The Kier molecular flexibility index (Phi) is 7.01. The van der Waals surface area contributed by atoms with E-state index < -0.39 is 0 Å². The summed E-state index contributed by atoms with van der Waals surface area (Å²) >= 11 is 7.56. The minimum absolute atomic E-state index is 0.0167. The minimum Gasteiger partial charge on any atom is -0.352 e. The van der Waals surface area contributed by atoms with Crippen LogP contribution in [0.2, 0.25) is 5.02 Å². The SMILES string of the molecule is CCCC(=O)Nc1nc2ccc(CCC(=O)NCc3ccccc3Cl)cc2s1. The fourth-order valence-corrected chi connectivity index (χ4v) is 3.92. The molecular formula is C21H22ClN3O2S. The number of hydrogen-bond donors (Lipinski definition) is 2. The molecule has 0 aliphatic heterocycles. The number of nitrogens with zero attached hydrogens (tertiary/aromatic N) is 1. The number of nitrogens with one attached hydrogen (secondary N) is 2. The molecule has 1 heterocycles. The van der Waals surface area contributed by atoms with Crippen LogP contribution in [0.5, 0.6) is 0 Å². The first-order valence-electron chi connectivity index (χ1n) is 9.24. The van der Waals surface area contributed by atoms with Crippen LogP contribution in [0.4, 0.5) is 5.13 Å². The summed E-state index contributed by atoms with van der Waals surface area (Å²) in [6.45, 7) is 2.39. The van der Waals surface area contributed by atoms with E-state index in [1.54, 1.807) is 0 Å². The average Bonchev–Trinajstić information content (AvgIpc) is 3.07. The zero-order chi connectivity index (χ0) is 19.9. The molecule has 1 aromatic heterocycles. The van der Waals surface area contributed by atoms with Gasteiger partial charge in [-0.05, 0) is 42.2 Å². The number of thiazole rings is 1. The maximum absolute atomic E-state index is 12.1. The monoisotopic (exact) mass is 415 g/mol. The molecule has 0 atom stereocenters. The van der Waals surface area contributed by atoms with Crippen molar-refractivity contribution in [3.8, 4) is 0 Å². The normalized spacial score (nSPS) is 10.8. The summed E-state index contributed by atoms with van der Waals surface area (Å²) in [4.78, 5) is 28.3. The Morgan fingerprint density at radius 1 is 1.11 bits per heavy atom. The molecule has 0 aliphatic rings. The van der Waals surface area contributed by atoms with Crippen molar-refractivity contribution in [3.05, 3.63) is 58.6 Å². The van der Waals surface area contributed by atoms with E-state index >= 15 is 0 Å². The largest absolute Gasteiger partial charge is 0.352 e. The molecule has 2 N–H and O–H groups in total. The number of aryl methyl sites for hydroxylation is 1. The number of aromatic nitrogens is 1. The van der Waals surface area contributed by atoms with Crippen molar-refractivity contribution in [2.24, 2.45) is 0 Å². The van der Waals surface area contributed by atoms with E-state index in [9.17, 15) is 9.59 Å². The van der Waals surface area contributed by atoms with Crippen LogP contribution in [0.1, 0.15) is 37.3 Å². The van der Waals surface area contributed by atoms with Gasteiger partial charge in [-0.15, -0.1) is 0 Å². The lowest BCUT2D eigenvalue weighted by atomic mass is 10.1. The molecule has 28 heavy (non-hydrogen) atoms. The molecule has 146 valence electrons. The summed E-state index contributed by atoms with van der Waals surface area (Å²) in [6, 6.07) is 13.4. The highest BCUT2D eigenvalue weighted by molar-refractivity contribution is 7.22. The van der Waals surface area contributed by atoms with Crippen LogP contribution < -0.4 is 10.6 Å². The molecule has 0 aliphatic carbocycles. The summed E-state index contributed by atoms with van der Waals surface area (Å²) in [7, 11) is 0. The molecule has 0 unspecified atom stereocenters. The molecule has 0 fully saturated rings. The zero-order valence-corrected chi connectivity index (χ0v) is 17.2. The van der Waals surface area contributed by atoms with Crippen molar-refractivity contribution in [1.82, 2.24) is 10.3 Å². The predicted octanol–water partition coefficient (Wildman–Crippen LogP) is 4.94. The van der Waals surface area contributed by atoms with Crippen molar-refractivity contribution < 1.29 is 9.59 Å². The summed E-state index contributed by atoms with van der Waals surface area (Å²) in [5, 5.41) is 7.00.